The number of amides is 1. The summed E-state index contributed by atoms with van der Waals surface area (Å²) in [5.41, 5.74) is 1.74. The maximum Gasteiger partial charge on any atom is 0.269 e. The van der Waals surface area contributed by atoms with Crippen molar-refractivity contribution in [3.05, 3.63) is 71.9 Å². The zero-order valence-corrected chi connectivity index (χ0v) is 17.7. The lowest BCUT2D eigenvalue weighted by Gasteiger charge is -2.19. The predicted molar refractivity (Wildman–Crippen MR) is 116 cm³/mol. The van der Waals surface area contributed by atoms with Crippen molar-refractivity contribution in [3.8, 4) is 11.6 Å². The molecule has 0 spiro atoms. The SMILES string of the molecule is COc1ccc(CN2CCc3ncc(C(=O)NCCOc4ccccc4)n3CC2)cn1. The van der Waals surface area contributed by atoms with Gasteiger partial charge in [-0.25, -0.2) is 9.97 Å². The normalized spacial score (nSPS) is 13.8. The summed E-state index contributed by atoms with van der Waals surface area (Å²) in [5, 5.41) is 2.93. The number of rotatable bonds is 8. The first-order valence-electron chi connectivity index (χ1n) is 10.4. The van der Waals surface area contributed by atoms with Gasteiger partial charge in [-0.3, -0.25) is 9.69 Å². The van der Waals surface area contributed by atoms with Gasteiger partial charge in [0.2, 0.25) is 5.88 Å². The van der Waals surface area contributed by atoms with Gasteiger partial charge in [0.1, 0.15) is 23.9 Å². The summed E-state index contributed by atoms with van der Waals surface area (Å²) in [4.78, 5) is 23.8. The van der Waals surface area contributed by atoms with E-state index in [0.29, 0.717) is 24.7 Å². The molecule has 0 saturated heterocycles. The van der Waals surface area contributed by atoms with Crippen molar-refractivity contribution < 1.29 is 14.3 Å². The molecule has 3 heterocycles. The van der Waals surface area contributed by atoms with Crippen molar-refractivity contribution in [1.82, 2.24) is 24.8 Å². The van der Waals surface area contributed by atoms with Crippen molar-refractivity contribution in [3.63, 3.8) is 0 Å². The monoisotopic (exact) mass is 421 g/mol. The zero-order valence-electron chi connectivity index (χ0n) is 17.7. The number of hydrogen-bond acceptors (Lipinski definition) is 6. The number of nitrogens with one attached hydrogen (secondary N) is 1. The number of nitrogens with zero attached hydrogens (tertiary/aromatic N) is 4. The minimum Gasteiger partial charge on any atom is -0.492 e. The van der Waals surface area contributed by atoms with Crippen LogP contribution >= 0.6 is 0 Å². The number of methoxy groups -OCH3 is 1. The van der Waals surface area contributed by atoms with E-state index in [1.54, 1.807) is 13.3 Å². The van der Waals surface area contributed by atoms with Crippen LogP contribution in [-0.4, -0.2) is 58.7 Å². The fraction of sp³-hybridized carbons (Fsp3) is 0.348. The average Bonchev–Trinajstić information content (AvgIpc) is 3.12. The van der Waals surface area contributed by atoms with Crippen molar-refractivity contribution in [2.24, 2.45) is 0 Å². The molecule has 1 aliphatic rings. The molecule has 8 nitrogen and oxygen atoms in total. The lowest BCUT2D eigenvalue weighted by molar-refractivity contribution is 0.0937. The van der Waals surface area contributed by atoms with E-state index in [1.807, 2.05) is 53.2 Å². The lowest BCUT2D eigenvalue weighted by atomic mass is 10.2. The Morgan fingerprint density at radius 2 is 1.94 bits per heavy atom. The van der Waals surface area contributed by atoms with Gasteiger partial charge >= 0.3 is 0 Å². The van der Waals surface area contributed by atoms with E-state index in [2.05, 4.69) is 20.2 Å². The fourth-order valence-corrected chi connectivity index (χ4v) is 3.64. The molecule has 0 aliphatic carbocycles. The van der Waals surface area contributed by atoms with Gasteiger partial charge in [-0.1, -0.05) is 24.3 Å². The Morgan fingerprint density at radius 1 is 1.06 bits per heavy atom. The van der Waals surface area contributed by atoms with Crippen LogP contribution in [0.25, 0.3) is 0 Å². The number of para-hydroxylation sites is 1. The van der Waals surface area contributed by atoms with Gasteiger partial charge in [0, 0.05) is 44.9 Å². The highest BCUT2D eigenvalue weighted by molar-refractivity contribution is 5.92. The minimum absolute atomic E-state index is 0.122. The maximum atomic E-state index is 12.7. The van der Waals surface area contributed by atoms with Crippen molar-refractivity contribution in [2.75, 3.05) is 33.4 Å². The zero-order chi connectivity index (χ0) is 21.5. The number of ether oxygens (including phenoxy) is 2. The first-order chi connectivity index (χ1) is 15.2. The maximum absolute atomic E-state index is 12.7. The quantitative estimate of drug-likeness (QED) is 0.562. The third-order valence-corrected chi connectivity index (χ3v) is 5.27. The topological polar surface area (TPSA) is 81.5 Å². The highest BCUT2D eigenvalue weighted by Crippen LogP contribution is 2.15. The molecule has 162 valence electrons. The first-order valence-corrected chi connectivity index (χ1v) is 10.4. The van der Waals surface area contributed by atoms with Gasteiger partial charge in [0.05, 0.1) is 19.9 Å². The van der Waals surface area contributed by atoms with Crippen LogP contribution in [0.15, 0.2) is 54.9 Å². The standard InChI is InChI=1S/C23H27N5O3/c1-30-22-8-7-18(15-26-22)17-27-11-9-21-25-16-20(28(21)13-12-27)23(29)24-10-14-31-19-5-3-2-4-6-19/h2-8,15-16H,9-14,17H2,1H3,(H,24,29). The lowest BCUT2D eigenvalue weighted by Crippen LogP contribution is -2.31. The van der Waals surface area contributed by atoms with E-state index >= 15 is 0 Å². The van der Waals surface area contributed by atoms with Crippen molar-refractivity contribution in [2.45, 2.75) is 19.5 Å². The minimum atomic E-state index is -0.122. The fourth-order valence-electron chi connectivity index (χ4n) is 3.64. The van der Waals surface area contributed by atoms with E-state index in [1.165, 1.54) is 0 Å². The molecule has 8 heteroatoms. The van der Waals surface area contributed by atoms with E-state index in [4.69, 9.17) is 9.47 Å². The second kappa shape index (κ2) is 10.1. The Morgan fingerprint density at radius 3 is 2.71 bits per heavy atom. The molecule has 1 N–H and O–H groups in total. The predicted octanol–water partition coefficient (Wildman–Crippen LogP) is 2.15. The molecule has 1 aromatic carbocycles. The highest BCUT2D eigenvalue weighted by atomic mass is 16.5. The van der Waals surface area contributed by atoms with Gasteiger partial charge < -0.3 is 19.4 Å². The molecule has 2 aromatic heterocycles. The Balaban J connectivity index is 1.29. The van der Waals surface area contributed by atoms with Gasteiger partial charge in [-0.15, -0.1) is 0 Å². The number of carbonyl (C=O) groups is 1. The van der Waals surface area contributed by atoms with Gasteiger partial charge in [-0.05, 0) is 17.7 Å². The summed E-state index contributed by atoms with van der Waals surface area (Å²) >= 11 is 0. The number of fused-ring (bicyclic) bond motifs is 1. The van der Waals surface area contributed by atoms with Gasteiger partial charge in [-0.2, -0.15) is 0 Å². The molecule has 0 fully saturated rings. The molecule has 0 atom stereocenters. The Kier molecular flexibility index (Phi) is 6.78. The van der Waals surface area contributed by atoms with Crippen molar-refractivity contribution in [1.29, 1.82) is 0 Å². The summed E-state index contributed by atoms with van der Waals surface area (Å²) in [6, 6.07) is 13.5. The van der Waals surface area contributed by atoms with Crippen LogP contribution in [0.2, 0.25) is 0 Å². The van der Waals surface area contributed by atoms with E-state index in [9.17, 15) is 4.79 Å². The summed E-state index contributed by atoms with van der Waals surface area (Å²) in [5.74, 6) is 2.23. The van der Waals surface area contributed by atoms with Crippen LogP contribution in [0.4, 0.5) is 0 Å². The van der Waals surface area contributed by atoms with E-state index in [0.717, 1.165) is 49.7 Å². The molecule has 0 radical (unpaired) electrons. The molecule has 4 rings (SSSR count). The Bertz CT molecular complexity index is 988. The molecule has 31 heavy (non-hydrogen) atoms. The largest absolute Gasteiger partial charge is 0.492 e. The van der Waals surface area contributed by atoms with Crippen LogP contribution in [-0.2, 0) is 19.5 Å². The molecular weight excluding hydrogens is 394 g/mol. The average molecular weight is 422 g/mol. The number of aromatic nitrogens is 3. The van der Waals surface area contributed by atoms with Crippen LogP contribution in [0.1, 0.15) is 21.9 Å². The van der Waals surface area contributed by atoms with Crippen LogP contribution < -0.4 is 14.8 Å². The molecule has 1 amide bonds. The highest BCUT2D eigenvalue weighted by Gasteiger charge is 2.21. The van der Waals surface area contributed by atoms with Crippen LogP contribution in [0, 0.1) is 0 Å². The number of imidazole rings is 1. The Hall–Kier alpha value is -3.39. The first kappa shape index (κ1) is 20.9. The number of carbonyl (C=O) groups excluding carboxylic acids is 1. The van der Waals surface area contributed by atoms with Gasteiger partial charge in [0.15, 0.2) is 0 Å². The molecular formula is C23H27N5O3. The van der Waals surface area contributed by atoms with E-state index in [-0.39, 0.29) is 5.91 Å². The third kappa shape index (κ3) is 5.40. The Labute approximate surface area is 181 Å². The van der Waals surface area contributed by atoms with E-state index < -0.39 is 0 Å². The number of pyridine rings is 1. The van der Waals surface area contributed by atoms with Crippen LogP contribution in [0.5, 0.6) is 11.6 Å². The van der Waals surface area contributed by atoms with Crippen molar-refractivity contribution >= 4 is 5.91 Å². The molecule has 1 aliphatic heterocycles. The number of benzene rings is 1. The summed E-state index contributed by atoms with van der Waals surface area (Å²) in [7, 11) is 1.61. The summed E-state index contributed by atoms with van der Waals surface area (Å²) in [6.45, 7) is 4.11. The smallest absolute Gasteiger partial charge is 0.269 e. The van der Waals surface area contributed by atoms with Crippen LogP contribution in [0.3, 0.4) is 0 Å². The summed E-state index contributed by atoms with van der Waals surface area (Å²) in [6.07, 6.45) is 4.32. The molecule has 0 unspecified atom stereocenters. The second-order valence-electron chi connectivity index (χ2n) is 7.36. The third-order valence-electron chi connectivity index (χ3n) is 5.27. The molecule has 0 bridgehead atoms. The number of hydrogen-bond donors (Lipinski definition) is 1. The molecule has 0 saturated carbocycles. The summed E-state index contributed by atoms with van der Waals surface area (Å²) < 4.78 is 12.8. The van der Waals surface area contributed by atoms with Gasteiger partial charge in [0.25, 0.3) is 5.91 Å². The molecule has 3 aromatic rings. The second-order valence-corrected chi connectivity index (χ2v) is 7.36.